The predicted molar refractivity (Wildman–Crippen MR) is 90.2 cm³/mol. The molecule has 1 aliphatic carbocycles. The zero-order valence-corrected chi connectivity index (χ0v) is 14.3. The van der Waals surface area contributed by atoms with Gasteiger partial charge in [-0.1, -0.05) is 25.3 Å². The SMILES string of the molecule is Cc1ccc(C(=O)N2CCN(C(=O)C3CCCCC3)CC2)cc1F. The van der Waals surface area contributed by atoms with Gasteiger partial charge in [-0.25, -0.2) is 4.39 Å². The van der Waals surface area contributed by atoms with Crippen LogP contribution in [0.25, 0.3) is 0 Å². The lowest BCUT2D eigenvalue weighted by Gasteiger charge is -2.37. The Morgan fingerprint density at radius 1 is 1.00 bits per heavy atom. The van der Waals surface area contributed by atoms with Crippen LogP contribution in [-0.4, -0.2) is 47.8 Å². The van der Waals surface area contributed by atoms with Gasteiger partial charge in [0.1, 0.15) is 5.82 Å². The summed E-state index contributed by atoms with van der Waals surface area (Å²) in [6.07, 6.45) is 5.53. The fourth-order valence-electron chi connectivity index (χ4n) is 3.65. The van der Waals surface area contributed by atoms with Crippen LogP contribution in [0.2, 0.25) is 0 Å². The summed E-state index contributed by atoms with van der Waals surface area (Å²) in [6, 6.07) is 4.60. The maximum Gasteiger partial charge on any atom is 0.254 e. The Labute approximate surface area is 142 Å². The molecule has 130 valence electrons. The van der Waals surface area contributed by atoms with Gasteiger partial charge in [0.2, 0.25) is 5.91 Å². The molecule has 2 fully saturated rings. The molecule has 0 unspecified atom stereocenters. The molecule has 1 heterocycles. The number of carbonyl (C=O) groups excluding carboxylic acids is 2. The van der Waals surface area contributed by atoms with Crippen LogP contribution in [0.3, 0.4) is 0 Å². The summed E-state index contributed by atoms with van der Waals surface area (Å²) in [5, 5.41) is 0. The van der Waals surface area contributed by atoms with E-state index in [9.17, 15) is 14.0 Å². The van der Waals surface area contributed by atoms with E-state index in [4.69, 9.17) is 0 Å². The average molecular weight is 332 g/mol. The van der Waals surface area contributed by atoms with Gasteiger partial charge in [-0.3, -0.25) is 9.59 Å². The minimum atomic E-state index is -0.355. The number of nitrogens with zero attached hydrogens (tertiary/aromatic N) is 2. The Bertz CT molecular complexity index is 618. The highest BCUT2D eigenvalue weighted by molar-refractivity contribution is 5.94. The molecular weight excluding hydrogens is 307 g/mol. The second kappa shape index (κ2) is 7.32. The first-order chi connectivity index (χ1) is 11.6. The Morgan fingerprint density at radius 3 is 2.25 bits per heavy atom. The average Bonchev–Trinajstić information content (AvgIpc) is 2.63. The second-order valence-electron chi connectivity index (χ2n) is 6.92. The van der Waals surface area contributed by atoms with Crippen molar-refractivity contribution in [1.29, 1.82) is 0 Å². The Balaban J connectivity index is 1.57. The molecule has 1 aromatic rings. The lowest BCUT2D eigenvalue weighted by atomic mass is 9.88. The van der Waals surface area contributed by atoms with E-state index in [1.54, 1.807) is 24.0 Å². The molecule has 1 saturated heterocycles. The number of aryl methyl sites for hydroxylation is 1. The fraction of sp³-hybridized carbons (Fsp3) is 0.579. The van der Waals surface area contributed by atoms with E-state index < -0.39 is 0 Å². The highest BCUT2D eigenvalue weighted by atomic mass is 19.1. The molecule has 1 saturated carbocycles. The topological polar surface area (TPSA) is 40.6 Å². The Hall–Kier alpha value is -1.91. The number of rotatable bonds is 2. The number of hydrogen-bond acceptors (Lipinski definition) is 2. The summed E-state index contributed by atoms with van der Waals surface area (Å²) in [5.74, 6) is -0.0824. The molecule has 0 spiro atoms. The van der Waals surface area contributed by atoms with E-state index in [0.29, 0.717) is 37.3 Å². The number of halogens is 1. The first-order valence-corrected chi connectivity index (χ1v) is 8.90. The Kier molecular flexibility index (Phi) is 5.17. The van der Waals surface area contributed by atoms with Gasteiger partial charge in [0.15, 0.2) is 0 Å². The highest BCUT2D eigenvalue weighted by Crippen LogP contribution is 2.26. The molecule has 2 aliphatic rings. The summed E-state index contributed by atoms with van der Waals surface area (Å²) in [4.78, 5) is 28.7. The summed E-state index contributed by atoms with van der Waals surface area (Å²) in [5.41, 5.74) is 0.916. The van der Waals surface area contributed by atoms with Crippen LogP contribution in [0.5, 0.6) is 0 Å². The number of amides is 2. The molecule has 0 bridgehead atoms. The minimum Gasteiger partial charge on any atom is -0.339 e. The van der Waals surface area contributed by atoms with Gasteiger partial charge < -0.3 is 9.80 Å². The highest BCUT2D eigenvalue weighted by Gasteiger charge is 2.30. The van der Waals surface area contributed by atoms with Crippen molar-refractivity contribution in [3.05, 3.63) is 35.1 Å². The van der Waals surface area contributed by atoms with Crippen molar-refractivity contribution in [2.45, 2.75) is 39.0 Å². The number of hydrogen-bond donors (Lipinski definition) is 0. The number of benzene rings is 1. The van der Waals surface area contributed by atoms with Gasteiger partial charge in [0, 0.05) is 37.7 Å². The third kappa shape index (κ3) is 3.60. The molecule has 4 nitrogen and oxygen atoms in total. The molecule has 0 N–H and O–H groups in total. The van der Waals surface area contributed by atoms with E-state index >= 15 is 0 Å². The van der Waals surface area contributed by atoms with E-state index in [1.807, 2.05) is 4.90 Å². The van der Waals surface area contributed by atoms with Crippen molar-refractivity contribution >= 4 is 11.8 Å². The lowest BCUT2D eigenvalue weighted by Crippen LogP contribution is -2.52. The molecule has 1 aliphatic heterocycles. The van der Waals surface area contributed by atoms with Crippen LogP contribution in [-0.2, 0) is 4.79 Å². The van der Waals surface area contributed by atoms with Crippen molar-refractivity contribution in [2.24, 2.45) is 5.92 Å². The van der Waals surface area contributed by atoms with Crippen LogP contribution < -0.4 is 0 Å². The molecule has 2 amide bonds. The number of carbonyl (C=O) groups is 2. The molecule has 0 aromatic heterocycles. The fourth-order valence-corrected chi connectivity index (χ4v) is 3.65. The van der Waals surface area contributed by atoms with Crippen LogP contribution in [0, 0.1) is 18.7 Å². The van der Waals surface area contributed by atoms with Gasteiger partial charge >= 0.3 is 0 Å². The summed E-state index contributed by atoms with van der Waals surface area (Å²) >= 11 is 0. The van der Waals surface area contributed by atoms with Crippen LogP contribution in [0.4, 0.5) is 4.39 Å². The van der Waals surface area contributed by atoms with Crippen LogP contribution >= 0.6 is 0 Å². The summed E-state index contributed by atoms with van der Waals surface area (Å²) < 4.78 is 13.7. The molecule has 3 rings (SSSR count). The van der Waals surface area contributed by atoms with Gasteiger partial charge in [-0.05, 0) is 37.5 Å². The maximum atomic E-state index is 13.7. The Morgan fingerprint density at radius 2 is 1.62 bits per heavy atom. The zero-order valence-electron chi connectivity index (χ0n) is 14.3. The summed E-state index contributed by atoms with van der Waals surface area (Å²) in [6.45, 7) is 3.88. The van der Waals surface area contributed by atoms with Crippen molar-refractivity contribution in [1.82, 2.24) is 9.80 Å². The van der Waals surface area contributed by atoms with E-state index in [1.165, 1.54) is 12.5 Å². The van der Waals surface area contributed by atoms with E-state index in [-0.39, 0.29) is 23.5 Å². The van der Waals surface area contributed by atoms with E-state index in [0.717, 1.165) is 25.7 Å². The standard InChI is InChI=1S/C19H25FN2O2/c1-14-7-8-16(13-17(14)20)19(24)22-11-9-21(10-12-22)18(23)15-5-3-2-4-6-15/h7-8,13,15H,2-6,9-12H2,1H3. The lowest BCUT2D eigenvalue weighted by molar-refractivity contribution is -0.138. The van der Waals surface area contributed by atoms with Gasteiger partial charge in [-0.15, -0.1) is 0 Å². The predicted octanol–water partition coefficient (Wildman–Crippen LogP) is 3.00. The molecule has 1 aromatic carbocycles. The molecule has 24 heavy (non-hydrogen) atoms. The third-order valence-corrected chi connectivity index (χ3v) is 5.25. The van der Waals surface area contributed by atoms with Crippen molar-refractivity contribution in [3.63, 3.8) is 0 Å². The molecule has 5 heteroatoms. The van der Waals surface area contributed by atoms with Gasteiger partial charge in [0.05, 0.1) is 0 Å². The van der Waals surface area contributed by atoms with Crippen molar-refractivity contribution in [3.8, 4) is 0 Å². The van der Waals surface area contributed by atoms with Crippen molar-refractivity contribution in [2.75, 3.05) is 26.2 Å². The summed E-state index contributed by atoms with van der Waals surface area (Å²) in [7, 11) is 0. The monoisotopic (exact) mass is 332 g/mol. The minimum absolute atomic E-state index is 0.154. The molecular formula is C19H25FN2O2. The van der Waals surface area contributed by atoms with Gasteiger partial charge in [0.25, 0.3) is 5.91 Å². The van der Waals surface area contributed by atoms with Crippen LogP contribution in [0.1, 0.15) is 48.0 Å². The van der Waals surface area contributed by atoms with Crippen LogP contribution in [0.15, 0.2) is 18.2 Å². The smallest absolute Gasteiger partial charge is 0.254 e. The first kappa shape index (κ1) is 16.9. The quantitative estimate of drug-likeness (QED) is 0.835. The number of piperazine rings is 1. The largest absolute Gasteiger partial charge is 0.339 e. The normalized spacial score (nSPS) is 19.4. The molecule has 0 atom stereocenters. The molecule has 0 radical (unpaired) electrons. The third-order valence-electron chi connectivity index (χ3n) is 5.25. The zero-order chi connectivity index (χ0) is 17.1. The second-order valence-corrected chi connectivity index (χ2v) is 6.92. The maximum absolute atomic E-state index is 13.7. The van der Waals surface area contributed by atoms with Gasteiger partial charge in [-0.2, -0.15) is 0 Å². The van der Waals surface area contributed by atoms with E-state index in [2.05, 4.69) is 0 Å². The van der Waals surface area contributed by atoms with Crippen molar-refractivity contribution < 1.29 is 14.0 Å². The first-order valence-electron chi connectivity index (χ1n) is 8.90.